The van der Waals surface area contributed by atoms with Crippen molar-refractivity contribution in [3.8, 4) is 0 Å². The van der Waals surface area contributed by atoms with E-state index in [0.29, 0.717) is 6.42 Å². The molecule has 5 nitrogen and oxygen atoms in total. The second-order valence-electron chi connectivity index (χ2n) is 6.03. The number of amides is 2. The van der Waals surface area contributed by atoms with E-state index in [4.69, 9.17) is 0 Å². The Morgan fingerprint density at radius 2 is 2.27 bits per heavy atom. The number of anilines is 2. The number of hydrogen-bond donors (Lipinski definition) is 2. The van der Waals surface area contributed by atoms with Crippen LogP contribution in [0.4, 0.5) is 11.4 Å². The zero-order chi connectivity index (χ0) is 15.5. The molecular formula is C17H23N3O2. The van der Waals surface area contributed by atoms with Gasteiger partial charge in [0.05, 0.1) is 6.04 Å². The third kappa shape index (κ3) is 2.99. The van der Waals surface area contributed by atoms with Gasteiger partial charge in [0.2, 0.25) is 11.8 Å². The van der Waals surface area contributed by atoms with Crippen LogP contribution in [-0.4, -0.2) is 30.9 Å². The summed E-state index contributed by atoms with van der Waals surface area (Å²) in [7, 11) is 0. The van der Waals surface area contributed by atoms with E-state index >= 15 is 0 Å². The van der Waals surface area contributed by atoms with Crippen molar-refractivity contribution in [2.45, 2.75) is 45.1 Å². The standard InChI is InChI=1S/C17H23N3O2/c1-2-10-20-15-7-6-13(11-12(15)5-8-16(20)21)19-17(22)14-4-3-9-18-14/h6-7,11,14,18H,2-5,8-10H2,1H3,(H,19,22). The molecule has 1 aromatic carbocycles. The van der Waals surface area contributed by atoms with Gasteiger partial charge in [-0.25, -0.2) is 0 Å². The van der Waals surface area contributed by atoms with E-state index in [2.05, 4.69) is 17.6 Å². The molecule has 2 amide bonds. The second-order valence-corrected chi connectivity index (χ2v) is 6.03. The molecule has 2 aliphatic heterocycles. The topological polar surface area (TPSA) is 61.4 Å². The molecule has 2 heterocycles. The van der Waals surface area contributed by atoms with Crippen molar-refractivity contribution >= 4 is 23.2 Å². The number of carbonyl (C=O) groups is 2. The average Bonchev–Trinajstić information content (AvgIpc) is 3.05. The third-order valence-corrected chi connectivity index (χ3v) is 4.37. The molecule has 0 spiro atoms. The fraction of sp³-hybridized carbons (Fsp3) is 0.529. The number of benzene rings is 1. The molecule has 5 heteroatoms. The number of rotatable bonds is 4. The number of nitrogens with zero attached hydrogens (tertiary/aromatic N) is 1. The Hall–Kier alpha value is -1.88. The van der Waals surface area contributed by atoms with Crippen LogP contribution in [0.5, 0.6) is 0 Å². The van der Waals surface area contributed by atoms with Crippen molar-refractivity contribution in [1.29, 1.82) is 0 Å². The summed E-state index contributed by atoms with van der Waals surface area (Å²) in [5.74, 6) is 0.232. The number of aryl methyl sites for hydroxylation is 1. The summed E-state index contributed by atoms with van der Waals surface area (Å²) in [5, 5.41) is 6.19. The summed E-state index contributed by atoms with van der Waals surface area (Å²) >= 11 is 0. The van der Waals surface area contributed by atoms with E-state index in [-0.39, 0.29) is 17.9 Å². The van der Waals surface area contributed by atoms with E-state index < -0.39 is 0 Å². The van der Waals surface area contributed by atoms with Gasteiger partial charge in [0.1, 0.15) is 0 Å². The van der Waals surface area contributed by atoms with Crippen LogP contribution in [-0.2, 0) is 16.0 Å². The first-order chi connectivity index (χ1) is 10.7. The lowest BCUT2D eigenvalue weighted by atomic mass is 10.00. The van der Waals surface area contributed by atoms with Gasteiger partial charge in [-0.1, -0.05) is 6.92 Å². The van der Waals surface area contributed by atoms with Crippen LogP contribution in [0.15, 0.2) is 18.2 Å². The number of fused-ring (bicyclic) bond motifs is 1. The molecule has 0 aromatic heterocycles. The van der Waals surface area contributed by atoms with Crippen molar-refractivity contribution in [2.24, 2.45) is 0 Å². The zero-order valence-electron chi connectivity index (χ0n) is 13.0. The highest BCUT2D eigenvalue weighted by molar-refractivity contribution is 5.98. The van der Waals surface area contributed by atoms with E-state index in [9.17, 15) is 9.59 Å². The Morgan fingerprint density at radius 1 is 1.41 bits per heavy atom. The van der Waals surface area contributed by atoms with Crippen LogP contribution in [0.25, 0.3) is 0 Å². The highest BCUT2D eigenvalue weighted by Gasteiger charge is 2.25. The smallest absolute Gasteiger partial charge is 0.241 e. The zero-order valence-corrected chi connectivity index (χ0v) is 13.0. The Bertz CT molecular complexity index is 579. The summed E-state index contributed by atoms with van der Waals surface area (Å²) in [6.45, 7) is 3.74. The van der Waals surface area contributed by atoms with Crippen molar-refractivity contribution in [3.63, 3.8) is 0 Å². The van der Waals surface area contributed by atoms with Gasteiger partial charge in [0, 0.05) is 24.3 Å². The maximum absolute atomic E-state index is 12.2. The lowest BCUT2D eigenvalue weighted by Gasteiger charge is -2.29. The fourth-order valence-corrected chi connectivity index (χ4v) is 3.24. The van der Waals surface area contributed by atoms with Crippen molar-refractivity contribution in [1.82, 2.24) is 5.32 Å². The van der Waals surface area contributed by atoms with Crippen LogP contribution in [0.3, 0.4) is 0 Å². The minimum atomic E-state index is -0.0748. The minimum Gasteiger partial charge on any atom is -0.325 e. The normalized spacial score (nSPS) is 20.9. The van der Waals surface area contributed by atoms with Gasteiger partial charge < -0.3 is 15.5 Å². The molecule has 0 aliphatic carbocycles. The largest absolute Gasteiger partial charge is 0.325 e. The summed E-state index contributed by atoms with van der Waals surface area (Å²) in [5.41, 5.74) is 2.96. The summed E-state index contributed by atoms with van der Waals surface area (Å²) in [6.07, 6.45) is 4.19. The maximum Gasteiger partial charge on any atom is 0.241 e. The predicted molar refractivity (Wildman–Crippen MR) is 87.1 cm³/mol. The minimum absolute atomic E-state index is 0.0368. The molecule has 1 unspecified atom stereocenters. The molecule has 1 fully saturated rings. The van der Waals surface area contributed by atoms with Gasteiger partial charge in [-0.2, -0.15) is 0 Å². The Balaban J connectivity index is 1.76. The van der Waals surface area contributed by atoms with Crippen LogP contribution >= 0.6 is 0 Å². The predicted octanol–water partition coefficient (Wildman–Crippen LogP) is 2.07. The molecule has 1 saturated heterocycles. The van der Waals surface area contributed by atoms with Crippen molar-refractivity contribution in [2.75, 3.05) is 23.3 Å². The number of nitrogens with one attached hydrogen (secondary N) is 2. The molecule has 0 bridgehead atoms. The molecule has 0 saturated carbocycles. The lowest BCUT2D eigenvalue weighted by molar-refractivity contribution is -0.119. The van der Waals surface area contributed by atoms with Crippen LogP contribution < -0.4 is 15.5 Å². The molecule has 3 rings (SSSR count). The van der Waals surface area contributed by atoms with Gasteiger partial charge in [-0.3, -0.25) is 9.59 Å². The molecule has 0 radical (unpaired) electrons. The fourth-order valence-electron chi connectivity index (χ4n) is 3.24. The first kappa shape index (κ1) is 15.0. The molecular weight excluding hydrogens is 278 g/mol. The van der Waals surface area contributed by atoms with Crippen LogP contribution in [0, 0.1) is 0 Å². The van der Waals surface area contributed by atoms with Crippen LogP contribution in [0.2, 0.25) is 0 Å². The quantitative estimate of drug-likeness (QED) is 0.895. The molecule has 1 aromatic rings. The van der Waals surface area contributed by atoms with E-state index in [1.54, 1.807) is 0 Å². The highest BCUT2D eigenvalue weighted by atomic mass is 16.2. The summed E-state index contributed by atoms with van der Waals surface area (Å²) in [6, 6.07) is 5.79. The first-order valence-corrected chi connectivity index (χ1v) is 8.16. The average molecular weight is 301 g/mol. The van der Waals surface area contributed by atoms with Gasteiger partial charge >= 0.3 is 0 Å². The monoisotopic (exact) mass is 301 g/mol. The molecule has 2 aliphatic rings. The van der Waals surface area contributed by atoms with E-state index in [1.807, 2.05) is 23.1 Å². The second kappa shape index (κ2) is 6.48. The van der Waals surface area contributed by atoms with Gasteiger partial charge in [-0.05, 0) is 56.0 Å². The summed E-state index contributed by atoms with van der Waals surface area (Å²) in [4.78, 5) is 26.1. The summed E-state index contributed by atoms with van der Waals surface area (Å²) < 4.78 is 0. The Labute approximate surface area is 131 Å². The molecule has 118 valence electrons. The van der Waals surface area contributed by atoms with Gasteiger partial charge in [-0.15, -0.1) is 0 Å². The van der Waals surface area contributed by atoms with Crippen LogP contribution in [0.1, 0.15) is 38.2 Å². The van der Waals surface area contributed by atoms with Gasteiger partial charge in [0.25, 0.3) is 0 Å². The van der Waals surface area contributed by atoms with E-state index in [0.717, 1.165) is 55.7 Å². The molecule has 2 N–H and O–H groups in total. The number of hydrogen-bond acceptors (Lipinski definition) is 3. The lowest BCUT2D eigenvalue weighted by Crippen LogP contribution is -2.36. The Kier molecular flexibility index (Phi) is 4.43. The van der Waals surface area contributed by atoms with Gasteiger partial charge in [0.15, 0.2) is 0 Å². The van der Waals surface area contributed by atoms with Crippen molar-refractivity contribution < 1.29 is 9.59 Å². The first-order valence-electron chi connectivity index (χ1n) is 8.16. The van der Waals surface area contributed by atoms with Crippen molar-refractivity contribution in [3.05, 3.63) is 23.8 Å². The molecule has 1 atom stereocenters. The SMILES string of the molecule is CCCN1C(=O)CCc2cc(NC(=O)C3CCCN3)ccc21. The van der Waals surface area contributed by atoms with E-state index in [1.165, 1.54) is 0 Å². The third-order valence-electron chi connectivity index (χ3n) is 4.37. The Morgan fingerprint density at radius 3 is 3.00 bits per heavy atom. The molecule has 22 heavy (non-hydrogen) atoms. The number of carbonyl (C=O) groups excluding carboxylic acids is 2. The highest BCUT2D eigenvalue weighted by Crippen LogP contribution is 2.30. The maximum atomic E-state index is 12.2.